The van der Waals surface area contributed by atoms with Crippen LogP contribution < -0.4 is 19.9 Å². The van der Waals surface area contributed by atoms with Crippen LogP contribution in [0.4, 0.5) is 0 Å². The standard InChI is InChI=1S/C51H63N3O12/c1-24(2)13-12-18-49(10)19-17-28-39(64-49)27(15-14-25(3)4)41-34(40(28)62-46-38(56)37(55)42-31(61-46)23-60-48(8,9)63-42)36-35-33(30(22-52)44(53)54-36)29-21-32-47(6,7)66-50(43(29)57,51(32,35)65-41)20-16-26(5)45(58)59-11/h13-14,16-17,19,29-33,37-38,42,46,55-56H,12,15,18,20-21,23H2,1-11H3,(H2,53,54)/t29?,30?,31-,32?,33?,37-,38-,42-,46+,49?,50?,51?/m1/s1. The quantitative estimate of drug-likeness (QED) is 0.133. The lowest BCUT2D eigenvalue weighted by molar-refractivity contribution is -0.373. The molecule has 4 bridgehead atoms. The van der Waals surface area contributed by atoms with Gasteiger partial charge in [-0.3, -0.25) is 4.79 Å². The van der Waals surface area contributed by atoms with Crippen molar-refractivity contribution in [2.24, 2.45) is 34.4 Å². The van der Waals surface area contributed by atoms with Gasteiger partial charge in [-0.1, -0.05) is 29.4 Å². The fraction of sp³-hybridized carbons (Fsp3) is 0.608. The second-order valence-corrected chi connectivity index (χ2v) is 20.9. The number of nitriles is 1. The van der Waals surface area contributed by atoms with E-state index < -0.39 is 88.5 Å². The summed E-state index contributed by atoms with van der Waals surface area (Å²) in [6, 6.07) is 2.38. The topological polar surface area (TPSA) is 211 Å². The van der Waals surface area contributed by atoms with E-state index in [2.05, 4.69) is 32.1 Å². The number of hydrogen-bond acceptors (Lipinski definition) is 15. The van der Waals surface area contributed by atoms with Gasteiger partial charge in [-0.25, -0.2) is 9.79 Å². The Balaban J connectivity index is 1.33. The van der Waals surface area contributed by atoms with Gasteiger partial charge >= 0.3 is 5.97 Å². The fourth-order valence-corrected chi connectivity index (χ4v) is 11.9. The van der Waals surface area contributed by atoms with Crippen LogP contribution in [-0.4, -0.2) is 100 Å². The Labute approximate surface area is 386 Å². The molecule has 0 radical (unpaired) electrons. The zero-order valence-electron chi connectivity index (χ0n) is 39.8. The van der Waals surface area contributed by atoms with Gasteiger partial charge < -0.3 is 53.8 Å². The minimum absolute atomic E-state index is 0.0344. The average Bonchev–Trinajstić information content (AvgIpc) is 3.39. The Hall–Kier alpha value is -4.82. The van der Waals surface area contributed by atoms with Gasteiger partial charge in [0, 0.05) is 40.9 Å². The number of esters is 1. The van der Waals surface area contributed by atoms with Crippen LogP contribution in [0.1, 0.15) is 112 Å². The van der Waals surface area contributed by atoms with Gasteiger partial charge in [0.05, 0.1) is 42.2 Å². The number of rotatable bonds is 10. The third-order valence-electron chi connectivity index (χ3n) is 15.0. The van der Waals surface area contributed by atoms with Gasteiger partial charge in [-0.05, 0) is 107 Å². The first-order chi connectivity index (χ1) is 31.0. The molecule has 6 fully saturated rings. The first kappa shape index (κ1) is 46.3. The molecule has 1 aromatic carbocycles. The van der Waals surface area contributed by atoms with E-state index in [1.807, 2.05) is 46.8 Å². The van der Waals surface area contributed by atoms with Crippen molar-refractivity contribution in [1.82, 2.24) is 0 Å². The number of ether oxygens (including phenoxy) is 8. The average molecular weight is 910 g/mol. The summed E-state index contributed by atoms with van der Waals surface area (Å²) >= 11 is 0. The van der Waals surface area contributed by atoms with Crippen LogP contribution >= 0.6 is 0 Å². The summed E-state index contributed by atoms with van der Waals surface area (Å²) in [5.41, 5.74) is 6.87. The molecule has 15 nitrogen and oxygen atoms in total. The summed E-state index contributed by atoms with van der Waals surface area (Å²) in [5, 5.41) is 34.3. The number of carbonyl (C=O) groups excluding carboxylic acids is 2. The summed E-state index contributed by atoms with van der Waals surface area (Å²) < 4.78 is 52.6. The Morgan fingerprint density at radius 1 is 1.03 bits per heavy atom. The van der Waals surface area contributed by atoms with E-state index in [0.29, 0.717) is 64.3 Å². The van der Waals surface area contributed by atoms with Crippen LogP contribution in [0.2, 0.25) is 0 Å². The summed E-state index contributed by atoms with van der Waals surface area (Å²) in [6.45, 7) is 19.2. The molecule has 12 atom stereocenters. The molecule has 6 heterocycles. The van der Waals surface area contributed by atoms with Gasteiger partial charge in [-0.15, -0.1) is 0 Å². The maximum Gasteiger partial charge on any atom is 0.333 e. The number of carbonyl (C=O) groups is 2. The van der Waals surface area contributed by atoms with Crippen LogP contribution in [0.25, 0.3) is 11.8 Å². The highest BCUT2D eigenvalue weighted by molar-refractivity contribution is 6.05. The zero-order valence-corrected chi connectivity index (χ0v) is 39.8. The number of nitrogens with zero attached hydrogens (tertiary/aromatic N) is 2. The van der Waals surface area contributed by atoms with Gasteiger partial charge in [0.1, 0.15) is 59.0 Å². The van der Waals surface area contributed by atoms with Crippen LogP contribution in [0.15, 0.2) is 51.6 Å². The second kappa shape index (κ2) is 15.9. The van der Waals surface area contributed by atoms with Crippen molar-refractivity contribution >= 4 is 29.4 Å². The molecule has 3 aliphatic carbocycles. The largest absolute Gasteiger partial charge is 0.482 e. The molecule has 66 heavy (non-hydrogen) atoms. The van der Waals surface area contributed by atoms with Crippen LogP contribution in [0, 0.1) is 35.0 Å². The molecule has 10 rings (SSSR count). The third kappa shape index (κ3) is 6.84. The van der Waals surface area contributed by atoms with Crippen molar-refractivity contribution in [3.8, 4) is 23.3 Å². The van der Waals surface area contributed by atoms with E-state index >= 15 is 4.79 Å². The number of fused-ring (bicyclic) bond motifs is 4. The van der Waals surface area contributed by atoms with Crippen LogP contribution in [0.3, 0.4) is 0 Å². The number of aliphatic hydroxyl groups is 2. The Kier molecular flexibility index (Phi) is 11.1. The predicted octanol–water partition coefficient (Wildman–Crippen LogP) is 6.33. The molecule has 15 heteroatoms. The summed E-state index contributed by atoms with van der Waals surface area (Å²) in [6.07, 6.45) is 5.65. The van der Waals surface area contributed by atoms with Gasteiger partial charge in [0.2, 0.25) is 6.29 Å². The molecule has 0 aromatic heterocycles. The molecule has 9 aliphatic rings. The van der Waals surface area contributed by atoms with Gasteiger partial charge in [0.15, 0.2) is 22.8 Å². The fourth-order valence-electron chi connectivity index (χ4n) is 11.9. The van der Waals surface area contributed by atoms with Crippen molar-refractivity contribution in [2.75, 3.05) is 13.7 Å². The van der Waals surface area contributed by atoms with Crippen molar-refractivity contribution in [3.05, 3.63) is 63.3 Å². The zero-order chi connectivity index (χ0) is 47.6. The predicted molar refractivity (Wildman–Crippen MR) is 242 cm³/mol. The first-order valence-electron chi connectivity index (χ1n) is 23.1. The highest BCUT2D eigenvalue weighted by Crippen LogP contribution is 2.74. The van der Waals surface area contributed by atoms with E-state index in [1.165, 1.54) is 12.7 Å². The Morgan fingerprint density at radius 3 is 2.44 bits per heavy atom. The molecule has 354 valence electrons. The van der Waals surface area contributed by atoms with Crippen LogP contribution in [0.5, 0.6) is 17.2 Å². The Morgan fingerprint density at radius 2 is 1.76 bits per heavy atom. The van der Waals surface area contributed by atoms with E-state index in [9.17, 15) is 20.3 Å². The molecule has 3 saturated heterocycles. The first-order valence-corrected chi connectivity index (χ1v) is 23.1. The van der Waals surface area contributed by atoms with Gasteiger partial charge in [-0.2, -0.15) is 5.26 Å². The summed E-state index contributed by atoms with van der Waals surface area (Å²) in [5.74, 6) is -3.73. The van der Waals surface area contributed by atoms with Crippen molar-refractivity contribution < 1.29 is 57.7 Å². The highest BCUT2D eigenvalue weighted by Gasteiger charge is 2.84. The number of aliphatic hydroxyl groups excluding tert-OH is 2. The van der Waals surface area contributed by atoms with Crippen molar-refractivity contribution in [3.63, 3.8) is 0 Å². The monoisotopic (exact) mass is 909 g/mol. The van der Waals surface area contributed by atoms with Crippen molar-refractivity contribution in [1.29, 1.82) is 5.26 Å². The SMILES string of the molecule is COC(=O)C(C)=CCC12OC(C)(C)C3CC(C1=O)C1C4=C(N=C(N)C1C#N)c1c(O[C@@H]5O[C@@H]6COC(C)(C)O[C@H]6[C@H](O)[C@H]5O)c5c(c(CC=C(C)C)c1OC432)OC(C)(CCC=C(C)C)C=C5. The Bertz CT molecular complexity index is 2500. The molecule has 1 aromatic rings. The lowest BCUT2D eigenvalue weighted by Crippen LogP contribution is -2.75. The highest BCUT2D eigenvalue weighted by atomic mass is 16.8. The van der Waals surface area contributed by atoms with E-state index in [1.54, 1.807) is 26.8 Å². The summed E-state index contributed by atoms with van der Waals surface area (Å²) in [4.78, 5) is 33.5. The molecule has 1 spiro atoms. The molecular weight excluding hydrogens is 847 g/mol. The number of methoxy groups -OCH3 is 1. The molecule has 0 amide bonds. The second-order valence-electron chi connectivity index (χ2n) is 20.9. The maximum atomic E-state index is 15.5. The summed E-state index contributed by atoms with van der Waals surface area (Å²) in [7, 11) is 1.30. The van der Waals surface area contributed by atoms with Gasteiger partial charge in [0.25, 0.3) is 0 Å². The molecule has 3 saturated carbocycles. The number of nitrogens with two attached hydrogens (primary N) is 1. The van der Waals surface area contributed by atoms with E-state index in [-0.39, 0.29) is 30.4 Å². The minimum Gasteiger partial charge on any atom is -0.482 e. The molecular formula is C51H63N3O12. The number of benzene rings is 1. The smallest absolute Gasteiger partial charge is 0.333 e. The number of ketones is 1. The van der Waals surface area contributed by atoms with E-state index in [4.69, 9.17) is 48.6 Å². The molecule has 6 aliphatic heterocycles. The number of aliphatic imine (C=N–C) groups is 1. The number of hydrogen-bond donors (Lipinski definition) is 3. The number of Topliss-reactive ketones (excluding diaryl/α,β-unsaturated/α-hetero) is 1. The maximum absolute atomic E-state index is 15.5. The number of allylic oxidation sites excluding steroid dienone is 4. The lowest BCUT2D eigenvalue weighted by Gasteiger charge is -2.62. The number of amidine groups is 1. The van der Waals surface area contributed by atoms with Crippen molar-refractivity contribution in [2.45, 2.75) is 160 Å². The molecule has 7 unspecified atom stereocenters. The normalized spacial score (nSPS) is 37.2. The van der Waals surface area contributed by atoms with Crippen LogP contribution in [-0.2, 0) is 39.7 Å². The van der Waals surface area contributed by atoms with E-state index in [0.717, 1.165) is 12.0 Å². The minimum atomic E-state index is -1.68. The lowest BCUT2D eigenvalue weighted by atomic mass is 9.44. The molecule has 4 N–H and O–H groups in total. The third-order valence-corrected chi connectivity index (χ3v) is 15.0.